The second kappa shape index (κ2) is 8.82. The number of nitrogens with one attached hydrogen (secondary N) is 2. The average molecular weight is 344 g/mol. The molecule has 25 heavy (non-hydrogen) atoms. The van der Waals surface area contributed by atoms with Crippen LogP contribution in [0.25, 0.3) is 0 Å². The van der Waals surface area contributed by atoms with Crippen LogP contribution in [0.3, 0.4) is 0 Å². The van der Waals surface area contributed by atoms with E-state index in [1.807, 2.05) is 0 Å². The molecule has 0 spiro atoms. The minimum atomic E-state index is -0.435. The molecule has 0 aliphatic carbocycles. The summed E-state index contributed by atoms with van der Waals surface area (Å²) in [5.74, 6) is -0.622. The average Bonchev–Trinajstić information content (AvgIpc) is 2.60. The molecule has 0 bridgehead atoms. The van der Waals surface area contributed by atoms with Crippen molar-refractivity contribution < 1.29 is 18.7 Å². The molecule has 0 fully saturated rings. The molecule has 0 unspecified atom stereocenters. The number of para-hydroxylation sites is 1. The van der Waals surface area contributed by atoms with Gasteiger partial charge in [-0.05, 0) is 36.8 Å². The van der Waals surface area contributed by atoms with Gasteiger partial charge in [-0.3, -0.25) is 9.59 Å². The zero-order chi connectivity index (χ0) is 18.2. The molecule has 2 rings (SSSR count). The number of hydrogen-bond donors (Lipinski definition) is 2. The number of ether oxygens (including phenoxy) is 1. The molecule has 5 nitrogen and oxygen atoms in total. The molecule has 0 aliphatic rings. The second-order valence-corrected chi connectivity index (χ2v) is 5.68. The third-order valence-corrected chi connectivity index (χ3v) is 3.47. The van der Waals surface area contributed by atoms with E-state index in [9.17, 15) is 14.0 Å². The van der Waals surface area contributed by atoms with Gasteiger partial charge < -0.3 is 15.4 Å². The molecule has 2 aromatic carbocycles. The van der Waals surface area contributed by atoms with Crippen LogP contribution in [0.5, 0.6) is 5.75 Å². The van der Waals surface area contributed by atoms with Crippen molar-refractivity contribution in [3.8, 4) is 5.75 Å². The van der Waals surface area contributed by atoms with E-state index in [1.165, 1.54) is 13.0 Å². The van der Waals surface area contributed by atoms with Crippen LogP contribution in [-0.4, -0.2) is 24.5 Å². The van der Waals surface area contributed by atoms with Crippen molar-refractivity contribution in [3.63, 3.8) is 0 Å². The molecule has 1 atom stereocenters. The lowest BCUT2D eigenvalue weighted by atomic mass is 10.1. The van der Waals surface area contributed by atoms with Crippen molar-refractivity contribution >= 4 is 11.8 Å². The smallest absolute Gasteiger partial charge is 0.251 e. The lowest BCUT2D eigenvalue weighted by Gasteiger charge is -2.16. The highest BCUT2D eigenvalue weighted by molar-refractivity contribution is 5.94. The summed E-state index contributed by atoms with van der Waals surface area (Å²) in [6.45, 7) is 3.88. The number of halogens is 1. The first-order valence-corrected chi connectivity index (χ1v) is 7.98. The van der Waals surface area contributed by atoms with Gasteiger partial charge in [0.2, 0.25) is 5.91 Å². The minimum Gasteiger partial charge on any atom is -0.486 e. The quantitative estimate of drug-likeness (QED) is 0.811. The first kappa shape index (κ1) is 18.4. The summed E-state index contributed by atoms with van der Waals surface area (Å²) >= 11 is 0. The normalized spacial score (nSPS) is 11.5. The van der Waals surface area contributed by atoms with Gasteiger partial charge in [0.25, 0.3) is 5.91 Å². The van der Waals surface area contributed by atoms with E-state index in [-0.39, 0.29) is 30.2 Å². The predicted molar refractivity (Wildman–Crippen MR) is 92.8 cm³/mol. The molecule has 0 saturated heterocycles. The number of carbonyl (C=O) groups excluding carboxylic acids is 2. The Hall–Kier alpha value is -2.89. The predicted octanol–water partition coefficient (Wildman–Crippen LogP) is 2.66. The second-order valence-electron chi connectivity index (χ2n) is 5.68. The van der Waals surface area contributed by atoms with Crippen molar-refractivity contribution in [2.45, 2.75) is 26.5 Å². The highest BCUT2D eigenvalue weighted by atomic mass is 19.1. The molecular formula is C19H21FN2O3. The van der Waals surface area contributed by atoms with Gasteiger partial charge in [0.05, 0.1) is 6.54 Å². The number of carbonyl (C=O) groups is 2. The summed E-state index contributed by atoms with van der Waals surface area (Å²) < 4.78 is 19.0. The Morgan fingerprint density at radius 1 is 1.08 bits per heavy atom. The highest BCUT2D eigenvalue weighted by Gasteiger charge is 2.11. The summed E-state index contributed by atoms with van der Waals surface area (Å²) in [5.41, 5.74) is 1.41. The van der Waals surface area contributed by atoms with Gasteiger partial charge >= 0.3 is 0 Å². The Kier molecular flexibility index (Phi) is 6.51. The van der Waals surface area contributed by atoms with Crippen LogP contribution >= 0.6 is 0 Å². The Labute approximate surface area is 146 Å². The van der Waals surface area contributed by atoms with Crippen molar-refractivity contribution in [2.24, 2.45) is 0 Å². The van der Waals surface area contributed by atoms with Crippen LogP contribution in [0, 0.1) is 5.82 Å². The van der Waals surface area contributed by atoms with Crippen LogP contribution in [-0.2, 0) is 11.3 Å². The SMILES string of the molecule is CC(=O)NCc1ccc(C(=O)NC[C@H](C)Oc2ccccc2F)cc1. The lowest BCUT2D eigenvalue weighted by molar-refractivity contribution is -0.119. The zero-order valence-corrected chi connectivity index (χ0v) is 14.2. The van der Waals surface area contributed by atoms with E-state index in [1.54, 1.807) is 49.4 Å². The third-order valence-electron chi connectivity index (χ3n) is 3.47. The Morgan fingerprint density at radius 3 is 2.40 bits per heavy atom. The summed E-state index contributed by atoms with van der Waals surface area (Å²) in [4.78, 5) is 23.0. The molecule has 132 valence electrons. The Morgan fingerprint density at radius 2 is 1.76 bits per heavy atom. The van der Waals surface area contributed by atoms with Crippen molar-refractivity contribution in [2.75, 3.05) is 6.54 Å². The van der Waals surface area contributed by atoms with Crippen LogP contribution in [0.1, 0.15) is 29.8 Å². The number of amides is 2. The molecule has 0 aromatic heterocycles. The summed E-state index contributed by atoms with van der Waals surface area (Å²) in [6, 6.07) is 13.1. The maximum Gasteiger partial charge on any atom is 0.251 e. The van der Waals surface area contributed by atoms with Crippen LogP contribution in [0.4, 0.5) is 4.39 Å². The van der Waals surface area contributed by atoms with Crippen LogP contribution < -0.4 is 15.4 Å². The number of rotatable bonds is 7. The Bertz CT molecular complexity index is 732. The van der Waals surface area contributed by atoms with Gasteiger partial charge in [0, 0.05) is 19.0 Å². The summed E-state index contributed by atoms with van der Waals surface area (Å²) in [7, 11) is 0. The number of hydrogen-bond acceptors (Lipinski definition) is 3. The first-order valence-electron chi connectivity index (χ1n) is 7.98. The van der Waals surface area contributed by atoms with Crippen molar-refractivity contribution in [1.29, 1.82) is 0 Å². The van der Waals surface area contributed by atoms with E-state index in [2.05, 4.69) is 10.6 Å². The molecule has 0 heterocycles. The molecule has 2 aromatic rings. The highest BCUT2D eigenvalue weighted by Crippen LogP contribution is 2.16. The first-order chi connectivity index (χ1) is 12.0. The summed E-state index contributed by atoms with van der Waals surface area (Å²) in [5, 5.41) is 5.44. The number of benzene rings is 2. The van der Waals surface area contributed by atoms with Crippen LogP contribution in [0.2, 0.25) is 0 Å². The molecule has 2 amide bonds. The molecule has 0 radical (unpaired) electrons. The lowest BCUT2D eigenvalue weighted by Crippen LogP contribution is -2.33. The van der Waals surface area contributed by atoms with Crippen LogP contribution in [0.15, 0.2) is 48.5 Å². The van der Waals surface area contributed by atoms with E-state index >= 15 is 0 Å². The molecule has 0 aliphatic heterocycles. The molecule has 2 N–H and O–H groups in total. The van der Waals surface area contributed by atoms with Gasteiger partial charge in [0.1, 0.15) is 6.10 Å². The van der Waals surface area contributed by atoms with Gasteiger partial charge in [-0.2, -0.15) is 0 Å². The third kappa shape index (κ3) is 5.91. The molecule has 0 saturated carbocycles. The van der Waals surface area contributed by atoms with Crippen molar-refractivity contribution in [3.05, 3.63) is 65.5 Å². The topological polar surface area (TPSA) is 67.4 Å². The molecule has 6 heteroatoms. The van der Waals surface area contributed by atoms with E-state index in [0.29, 0.717) is 12.1 Å². The Balaban J connectivity index is 1.83. The summed E-state index contributed by atoms with van der Waals surface area (Å²) in [6.07, 6.45) is -0.375. The monoisotopic (exact) mass is 344 g/mol. The standard InChI is InChI=1S/C19H21FN2O3/c1-13(25-18-6-4-3-5-17(18)20)11-22-19(24)16-9-7-15(8-10-16)12-21-14(2)23/h3-10,13H,11-12H2,1-2H3,(H,21,23)(H,22,24)/t13-/m0/s1. The largest absolute Gasteiger partial charge is 0.486 e. The van der Waals surface area contributed by atoms with Gasteiger partial charge in [-0.15, -0.1) is 0 Å². The van der Waals surface area contributed by atoms with Gasteiger partial charge in [0.15, 0.2) is 11.6 Å². The van der Waals surface area contributed by atoms with E-state index in [4.69, 9.17) is 4.74 Å². The van der Waals surface area contributed by atoms with E-state index < -0.39 is 5.82 Å². The zero-order valence-electron chi connectivity index (χ0n) is 14.2. The fourth-order valence-electron chi connectivity index (χ4n) is 2.14. The maximum atomic E-state index is 13.5. The fraction of sp³-hybridized carbons (Fsp3) is 0.263. The maximum absolute atomic E-state index is 13.5. The fourth-order valence-corrected chi connectivity index (χ4v) is 2.14. The minimum absolute atomic E-state index is 0.106. The molecular weight excluding hydrogens is 323 g/mol. The van der Waals surface area contributed by atoms with Gasteiger partial charge in [-0.25, -0.2) is 4.39 Å². The van der Waals surface area contributed by atoms with E-state index in [0.717, 1.165) is 5.56 Å². The van der Waals surface area contributed by atoms with Gasteiger partial charge in [-0.1, -0.05) is 24.3 Å². The van der Waals surface area contributed by atoms with Crippen molar-refractivity contribution in [1.82, 2.24) is 10.6 Å².